The van der Waals surface area contributed by atoms with Gasteiger partial charge in [0.2, 0.25) is 0 Å². The monoisotopic (exact) mass is 254 g/mol. The number of rotatable bonds is 1. The third-order valence-electron chi connectivity index (χ3n) is 3.20. The maximum atomic E-state index is 4.09. The minimum atomic E-state index is 0.633. The summed E-state index contributed by atoms with van der Waals surface area (Å²) in [7, 11) is 0. The van der Waals surface area contributed by atoms with Gasteiger partial charge in [0.05, 0.1) is 10.2 Å². The Hall–Kier alpha value is -0.570. The number of nitrogens with zero attached hydrogens (tertiary/aromatic N) is 2. The van der Waals surface area contributed by atoms with E-state index in [-0.39, 0.29) is 0 Å². The van der Waals surface area contributed by atoms with Crippen LogP contribution in [0.2, 0.25) is 0 Å². The van der Waals surface area contributed by atoms with E-state index in [2.05, 4.69) is 45.7 Å². The smallest absolute Gasteiger partial charge is 0.0592 e. The Morgan fingerprint density at radius 2 is 2.29 bits per heavy atom. The molecule has 0 aliphatic carbocycles. The minimum absolute atomic E-state index is 0.633. The van der Waals surface area contributed by atoms with Gasteiger partial charge in [-0.25, -0.2) is 0 Å². The third kappa shape index (κ3) is 1.65. The van der Waals surface area contributed by atoms with Gasteiger partial charge < -0.3 is 4.90 Å². The second-order valence-electron chi connectivity index (χ2n) is 4.03. The molecule has 1 aliphatic heterocycles. The van der Waals surface area contributed by atoms with Gasteiger partial charge in [-0.3, -0.25) is 4.98 Å². The van der Waals surface area contributed by atoms with E-state index in [0.717, 1.165) is 16.9 Å². The van der Waals surface area contributed by atoms with Crippen LogP contribution in [-0.4, -0.2) is 17.6 Å². The van der Waals surface area contributed by atoms with E-state index in [1.807, 2.05) is 12.4 Å². The van der Waals surface area contributed by atoms with Crippen LogP contribution in [-0.2, 0) is 0 Å². The van der Waals surface area contributed by atoms with Crippen LogP contribution >= 0.6 is 15.9 Å². The first-order chi connectivity index (χ1) is 6.70. The van der Waals surface area contributed by atoms with E-state index in [1.165, 1.54) is 12.1 Å². The second kappa shape index (κ2) is 3.89. The number of pyridine rings is 1. The van der Waals surface area contributed by atoms with Gasteiger partial charge in [0.1, 0.15) is 0 Å². The molecule has 0 bridgehead atoms. The summed E-state index contributed by atoms with van der Waals surface area (Å²) in [6.45, 7) is 5.77. The number of aromatic nitrogens is 1. The van der Waals surface area contributed by atoms with Gasteiger partial charge in [0, 0.05) is 25.0 Å². The van der Waals surface area contributed by atoms with Crippen LogP contribution in [0.25, 0.3) is 0 Å². The summed E-state index contributed by atoms with van der Waals surface area (Å²) in [4.78, 5) is 6.54. The lowest BCUT2D eigenvalue weighted by Gasteiger charge is -2.26. The van der Waals surface area contributed by atoms with Gasteiger partial charge in [-0.1, -0.05) is 6.92 Å². The van der Waals surface area contributed by atoms with E-state index in [9.17, 15) is 0 Å². The molecule has 1 aliphatic rings. The van der Waals surface area contributed by atoms with Gasteiger partial charge in [-0.15, -0.1) is 0 Å². The minimum Gasteiger partial charge on any atom is -0.368 e. The van der Waals surface area contributed by atoms with E-state index in [1.54, 1.807) is 0 Å². The summed E-state index contributed by atoms with van der Waals surface area (Å²) < 4.78 is 1.10. The zero-order valence-electron chi connectivity index (χ0n) is 8.57. The van der Waals surface area contributed by atoms with Crippen LogP contribution in [0.3, 0.4) is 0 Å². The number of anilines is 1. The molecule has 0 radical (unpaired) electrons. The summed E-state index contributed by atoms with van der Waals surface area (Å²) >= 11 is 3.55. The summed E-state index contributed by atoms with van der Waals surface area (Å²) in [5, 5.41) is 0. The van der Waals surface area contributed by atoms with E-state index >= 15 is 0 Å². The van der Waals surface area contributed by atoms with Gasteiger partial charge in [-0.05, 0) is 41.3 Å². The second-order valence-corrected chi connectivity index (χ2v) is 4.88. The van der Waals surface area contributed by atoms with Crippen LogP contribution < -0.4 is 4.90 Å². The Bertz CT molecular complexity index is 327. The lowest BCUT2D eigenvalue weighted by atomic mass is 10.1. The fraction of sp³-hybridized carbons (Fsp3) is 0.545. The summed E-state index contributed by atoms with van der Waals surface area (Å²) in [5.41, 5.74) is 1.27. The molecule has 76 valence electrons. The van der Waals surface area contributed by atoms with E-state index in [0.29, 0.717) is 6.04 Å². The highest BCUT2D eigenvalue weighted by molar-refractivity contribution is 9.10. The average molecular weight is 255 g/mol. The van der Waals surface area contributed by atoms with Crippen LogP contribution in [0, 0.1) is 5.92 Å². The van der Waals surface area contributed by atoms with Crippen molar-refractivity contribution in [3.05, 3.63) is 22.9 Å². The van der Waals surface area contributed by atoms with E-state index in [4.69, 9.17) is 0 Å². The Labute approximate surface area is 93.5 Å². The molecule has 0 aromatic carbocycles. The number of hydrogen-bond acceptors (Lipinski definition) is 2. The first-order valence-corrected chi connectivity index (χ1v) is 5.85. The Morgan fingerprint density at radius 1 is 1.50 bits per heavy atom. The average Bonchev–Trinajstić information content (AvgIpc) is 2.49. The van der Waals surface area contributed by atoms with Crippen molar-refractivity contribution < 1.29 is 0 Å². The van der Waals surface area contributed by atoms with Crippen molar-refractivity contribution >= 4 is 21.6 Å². The van der Waals surface area contributed by atoms with Crippen molar-refractivity contribution in [2.24, 2.45) is 5.92 Å². The van der Waals surface area contributed by atoms with Crippen LogP contribution in [0.5, 0.6) is 0 Å². The quantitative estimate of drug-likeness (QED) is 0.766. The van der Waals surface area contributed by atoms with Crippen molar-refractivity contribution in [3.8, 4) is 0 Å². The molecule has 1 aromatic rings. The number of hydrogen-bond donors (Lipinski definition) is 0. The molecule has 2 heterocycles. The van der Waals surface area contributed by atoms with E-state index < -0.39 is 0 Å². The summed E-state index contributed by atoms with van der Waals surface area (Å²) in [6.07, 6.45) is 5.01. The van der Waals surface area contributed by atoms with Crippen molar-refractivity contribution in [3.63, 3.8) is 0 Å². The molecular formula is C11H15BrN2. The van der Waals surface area contributed by atoms with Gasteiger partial charge in [0.15, 0.2) is 0 Å². The van der Waals surface area contributed by atoms with Gasteiger partial charge in [-0.2, -0.15) is 0 Å². The molecule has 1 aromatic heterocycles. The molecule has 0 N–H and O–H groups in total. The van der Waals surface area contributed by atoms with Crippen molar-refractivity contribution in [1.82, 2.24) is 4.98 Å². The summed E-state index contributed by atoms with van der Waals surface area (Å²) in [6, 6.07) is 2.72. The largest absolute Gasteiger partial charge is 0.368 e. The highest BCUT2D eigenvalue weighted by Crippen LogP contribution is 2.33. The van der Waals surface area contributed by atoms with Gasteiger partial charge in [0.25, 0.3) is 0 Å². The molecular weight excluding hydrogens is 240 g/mol. The Morgan fingerprint density at radius 3 is 2.86 bits per heavy atom. The standard InChI is InChI=1S/C11H15BrN2/c1-8-4-6-14(9(8)2)11-3-5-13-7-10(11)12/h3,5,7-9H,4,6H2,1-2H3. The molecule has 0 saturated carbocycles. The van der Waals surface area contributed by atoms with Crippen molar-refractivity contribution in [1.29, 1.82) is 0 Å². The maximum Gasteiger partial charge on any atom is 0.0592 e. The Balaban J connectivity index is 2.28. The predicted octanol–water partition coefficient (Wildman–Crippen LogP) is 3.08. The Kier molecular flexibility index (Phi) is 2.77. The van der Waals surface area contributed by atoms with Crippen LogP contribution in [0.15, 0.2) is 22.9 Å². The molecule has 0 spiro atoms. The summed E-state index contributed by atoms with van der Waals surface area (Å²) in [5.74, 6) is 0.787. The molecule has 2 rings (SSSR count). The van der Waals surface area contributed by atoms with Gasteiger partial charge >= 0.3 is 0 Å². The lowest BCUT2D eigenvalue weighted by Crippen LogP contribution is -2.29. The molecule has 1 saturated heterocycles. The maximum absolute atomic E-state index is 4.09. The SMILES string of the molecule is CC1CCN(c2ccncc2Br)C1C. The normalized spacial score (nSPS) is 26.9. The topological polar surface area (TPSA) is 16.1 Å². The first kappa shape index (κ1) is 9.97. The highest BCUT2D eigenvalue weighted by atomic mass is 79.9. The molecule has 2 nitrogen and oxygen atoms in total. The molecule has 3 heteroatoms. The molecule has 1 fully saturated rings. The molecule has 2 atom stereocenters. The molecule has 14 heavy (non-hydrogen) atoms. The third-order valence-corrected chi connectivity index (χ3v) is 3.81. The lowest BCUT2D eigenvalue weighted by molar-refractivity contribution is 0.546. The zero-order valence-corrected chi connectivity index (χ0v) is 10.2. The predicted molar refractivity (Wildman–Crippen MR) is 62.5 cm³/mol. The highest BCUT2D eigenvalue weighted by Gasteiger charge is 2.28. The molecule has 0 amide bonds. The fourth-order valence-corrected chi connectivity index (χ4v) is 2.51. The molecule has 2 unspecified atom stereocenters. The fourth-order valence-electron chi connectivity index (χ4n) is 2.04. The van der Waals surface area contributed by atoms with Crippen LogP contribution in [0.4, 0.5) is 5.69 Å². The number of halogens is 1. The first-order valence-electron chi connectivity index (χ1n) is 5.06. The van der Waals surface area contributed by atoms with Crippen molar-refractivity contribution in [2.45, 2.75) is 26.3 Å². The zero-order chi connectivity index (χ0) is 10.1. The van der Waals surface area contributed by atoms with Crippen LogP contribution in [0.1, 0.15) is 20.3 Å². The van der Waals surface area contributed by atoms with Crippen molar-refractivity contribution in [2.75, 3.05) is 11.4 Å².